The summed E-state index contributed by atoms with van der Waals surface area (Å²) in [6.07, 6.45) is 0.0714. The number of alkyl halides is 1. The lowest BCUT2D eigenvalue weighted by Gasteiger charge is -2.01. The number of halogens is 2. The second-order valence-corrected chi connectivity index (χ2v) is 2.88. The number of hydrogen-bond donors (Lipinski definition) is 1. The van der Waals surface area contributed by atoms with E-state index in [1.54, 1.807) is 0 Å². The maximum atomic E-state index is 13.1. The molecule has 0 spiro atoms. The number of hydrogen-bond acceptors (Lipinski definition) is 2. The van der Waals surface area contributed by atoms with Gasteiger partial charge in [-0.25, -0.2) is 4.39 Å². The van der Waals surface area contributed by atoms with Crippen LogP contribution in [0, 0.1) is 5.82 Å². The Labute approximate surface area is 80.0 Å². The number of aromatic hydroxyl groups is 1. The van der Waals surface area contributed by atoms with Gasteiger partial charge in [0, 0.05) is 12.3 Å². The summed E-state index contributed by atoms with van der Waals surface area (Å²) in [7, 11) is 0. The van der Waals surface area contributed by atoms with Crippen LogP contribution in [-0.4, -0.2) is 16.8 Å². The van der Waals surface area contributed by atoms with Gasteiger partial charge in [0.05, 0.1) is 5.56 Å². The van der Waals surface area contributed by atoms with Crippen LogP contribution in [0.2, 0.25) is 0 Å². The van der Waals surface area contributed by atoms with Crippen molar-refractivity contribution in [3.05, 3.63) is 29.6 Å². The second-order valence-electron chi connectivity index (χ2n) is 2.50. The summed E-state index contributed by atoms with van der Waals surface area (Å²) in [6, 6.07) is 3.93. The largest absolute Gasteiger partial charge is 0.505 e. The predicted octanol–water partition coefficient (Wildman–Crippen LogP) is 2.34. The maximum Gasteiger partial charge on any atom is 0.175 e. The molecule has 1 N–H and O–H groups in total. The van der Waals surface area contributed by atoms with Crippen molar-refractivity contribution in [1.82, 2.24) is 0 Å². The SMILES string of the molecule is O=C(CCCl)c1cccc(O)c1F. The Morgan fingerprint density at radius 2 is 2.23 bits per heavy atom. The van der Waals surface area contributed by atoms with Gasteiger partial charge < -0.3 is 5.11 Å². The average molecular weight is 203 g/mol. The van der Waals surface area contributed by atoms with E-state index in [4.69, 9.17) is 16.7 Å². The van der Waals surface area contributed by atoms with Crippen LogP contribution in [0.25, 0.3) is 0 Å². The van der Waals surface area contributed by atoms with Gasteiger partial charge in [0.25, 0.3) is 0 Å². The monoisotopic (exact) mass is 202 g/mol. The number of rotatable bonds is 3. The normalized spacial score (nSPS) is 10.0. The highest BCUT2D eigenvalue weighted by molar-refractivity contribution is 6.19. The minimum Gasteiger partial charge on any atom is -0.505 e. The average Bonchev–Trinajstić information content (AvgIpc) is 2.10. The summed E-state index contributed by atoms with van der Waals surface area (Å²) in [5.41, 5.74) is -0.111. The van der Waals surface area contributed by atoms with Gasteiger partial charge in [-0.1, -0.05) is 6.07 Å². The molecule has 0 atom stereocenters. The van der Waals surface area contributed by atoms with Gasteiger partial charge in [-0.05, 0) is 12.1 Å². The van der Waals surface area contributed by atoms with Gasteiger partial charge in [-0.3, -0.25) is 4.79 Å². The minimum absolute atomic E-state index is 0.0714. The van der Waals surface area contributed by atoms with Crippen molar-refractivity contribution in [2.45, 2.75) is 6.42 Å². The standard InChI is InChI=1S/C9H8ClFO2/c10-5-4-7(12)6-2-1-3-8(13)9(6)11/h1-3,13H,4-5H2. The first-order valence-electron chi connectivity index (χ1n) is 3.73. The van der Waals surface area contributed by atoms with E-state index in [0.717, 1.165) is 0 Å². The zero-order valence-electron chi connectivity index (χ0n) is 6.76. The molecule has 0 unspecified atom stereocenters. The molecular weight excluding hydrogens is 195 g/mol. The first-order chi connectivity index (χ1) is 6.16. The molecule has 0 saturated carbocycles. The summed E-state index contributed by atoms with van der Waals surface area (Å²) in [6.45, 7) is 0. The molecule has 1 aromatic rings. The number of carbonyl (C=O) groups excluding carboxylic acids is 1. The van der Waals surface area contributed by atoms with E-state index < -0.39 is 17.3 Å². The molecule has 0 amide bonds. The van der Waals surface area contributed by atoms with Crippen molar-refractivity contribution in [2.75, 3.05) is 5.88 Å². The summed E-state index contributed by atoms with van der Waals surface area (Å²) in [5.74, 6) is -1.64. The number of phenols is 1. The van der Waals surface area contributed by atoms with E-state index in [1.165, 1.54) is 18.2 Å². The van der Waals surface area contributed by atoms with Crippen molar-refractivity contribution in [2.24, 2.45) is 0 Å². The molecule has 0 aliphatic rings. The van der Waals surface area contributed by atoms with E-state index in [0.29, 0.717) is 0 Å². The first-order valence-corrected chi connectivity index (χ1v) is 4.27. The lowest BCUT2D eigenvalue weighted by Crippen LogP contribution is -2.02. The van der Waals surface area contributed by atoms with Crippen LogP contribution >= 0.6 is 11.6 Å². The molecule has 0 aliphatic heterocycles. The highest BCUT2D eigenvalue weighted by Crippen LogP contribution is 2.19. The van der Waals surface area contributed by atoms with Gasteiger partial charge in [0.15, 0.2) is 17.3 Å². The number of phenolic OH excluding ortho intramolecular Hbond substituents is 1. The minimum atomic E-state index is -0.877. The quantitative estimate of drug-likeness (QED) is 0.604. The number of carbonyl (C=O) groups is 1. The van der Waals surface area contributed by atoms with Crippen molar-refractivity contribution < 1.29 is 14.3 Å². The fourth-order valence-corrected chi connectivity index (χ4v) is 1.13. The smallest absolute Gasteiger partial charge is 0.175 e. The van der Waals surface area contributed by atoms with Gasteiger partial charge in [0.1, 0.15) is 0 Å². The van der Waals surface area contributed by atoms with Crippen LogP contribution in [0.15, 0.2) is 18.2 Å². The van der Waals surface area contributed by atoms with Gasteiger partial charge in [0.2, 0.25) is 0 Å². The maximum absolute atomic E-state index is 13.1. The second kappa shape index (κ2) is 4.23. The molecule has 4 heteroatoms. The lowest BCUT2D eigenvalue weighted by atomic mass is 10.1. The molecule has 2 nitrogen and oxygen atoms in total. The Morgan fingerprint density at radius 1 is 1.54 bits per heavy atom. The summed E-state index contributed by atoms with van der Waals surface area (Å²) in [4.78, 5) is 11.2. The zero-order valence-corrected chi connectivity index (χ0v) is 7.51. The fraction of sp³-hybridized carbons (Fsp3) is 0.222. The van der Waals surface area contributed by atoms with Gasteiger partial charge in [-0.15, -0.1) is 11.6 Å². The molecule has 0 bridgehead atoms. The van der Waals surface area contributed by atoms with Crippen molar-refractivity contribution in [3.8, 4) is 5.75 Å². The summed E-state index contributed by atoms with van der Waals surface area (Å²) >= 11 is 5.33. The summed E-state index contributed by atoms with van der Waals surface area (Å²) in [5, 5.41) is 8.96. The number of Topliss-reactive ketones (excluding diaryl/α,β-unsaturated/α-hetero) is 1. The Kier molecular flexibility index (Phi) is 3.25. The fourth-order valence-electron chi connectivity index (χ4n) is 0.956. The van der Waals surface area contributed by atoms with E-state index >= 15 is 0 Å². The molecule has 0 heterocycles. The van der Waals surface area contributed by atoms with E-state index in [-0.39, 0.29) is 17.9 Å². The molecule has 70 valence electrons. The van der Waals surface area contributed by atoms with E-state index in [2.05, 4.69) is 0 Å². The summed E-state index contributed by atoms with van der Waals surface area (Å²) < 4.78 is 13.1. The van der Waals surface area contributed by atoms with Crippen LogP contribution in [0.3, 0.4) is 0 Å². The molecular formula is C9H8ClFO2. The van der Waals surface area contributed by atoms with Crippen LogP contribution in [0.5, 0.6) is 5.75 Å². The highest BCUT2D eigenvalue weighted by atomic mass is 35.5. The zero-order chi connectivity index (χ0) is 9.84. The molecule has 0 aliphatic carbocycles. The molecule has 1 rings (SSSR count). The van der Waals surface area contributed by atoms with Crippen molar-refractivity contribution >= 4 is 17.4 Å². The third kappa shape index (κ3) is 2.18. The highest BCUT2D eigenvalue weighted by Gasteiger charge is 2.13. The Hall–Kier alpha value is -1.09. The molecule has 0 aromatic heterocycles. The number of ketones is 1. The molecule has 1 aromatic carbocycles. The Bertz CT molecular complexity index is 325. The first kappa shape index (κ1) is 9.99. The van der Waals surface area contributed by atoms with E-state index in [1.807, 2.05) is 0 Å². The van der Waals surface area contributed by atoms with Crippen LogP contribution < -0.4 is 0 Å². The molecule has 0 saturated heterocycles. The van der Waals surface area contributed by atoms with Crippen LogP contribution in [0.1, 0.15) is 16.8 Å². The van der Waals surface area contributed by atoms with Crippen LogP contribution in [-0.2, 0) is 0 Å². The third-order valence-electron chi connectivity index (χ3n) is 1.60. The molecule has 13 heavy (non-hydrogen) atoms. The van der Waals surface area contributed by atoms with Gasteiger partial charge >= 0.3 is 0 Å². The topological polar surface area (TPSA) is 37.3 Å². The Balaban J connectivity index is 3.01. The molecule has 0 radical (unpaired) electrons. The van der Waals surface area contributed by atoms with Crippen molar-refractivity contribution in [1.29, 1.82) is 0 Å². The third-order valence-corrected chi connectivity index (χ3v) is 1.79. The van der Waals surface area contributed by atoms with Crippen molar-refractivity contribution in [3.63, 3.8) is 0 Å². The van der Waals surface area contributed by atoms with Gasteiger partial charge in [-0.2, -0.15) is 0 Å². The lowest BCUT2D eigenvalue weighted by molar-refractivity contribution is 0.0984. The predicted molar refractivity (Wildman–Crippen MR) is 47.7 cm³/mol. The Morgan fingerprint density at radius 3 is 2.85 bits per heavy atom. The van der Waals surface area contributed by atoms with E-state index in [9.17, 15) is 9.18 Å². The number of benzene rings is 1. The molecule has 0 fully saturated rings. The van der Waals surface area contributed by atoms with Crippen LogP contribution in [0.4, 0.5) is 4.39 Å².